The van der Waals surface area contributed by atoms with Gasteiger partial charge in [0.05, 0.1) is 35.5 Å². The Morgan fingerprint density at radius 1 is 0.507 bits per heavy atom. The molecule has 0 aliphatic heterocycles. The van der Waals surface area contributed by atoms with E-state index < -0.39 is 45.0 Å². The molecule has 0 bridgehead atoms. The third kappa shape index (κ3) is 15.7. The molecule has 6 rings (SSSR count). The number of nitrogens with one attached hydrogen (secondary N) is 4. The van der Waals surface area contributed by atoms with Crippen LogP contribution in [0.25, 0.3) is 12.2 Å². The van der Waals surface area contributed by atoms with Crippen LogP contribution >= 0.6 is 24.1 Å². The van der Waals surface area contributed by atoms with Gasteiger partial charge >= 0.3 is 0 Å². The molecular formula is C40H44N12O18S5. The minimum atomic E-state index is -4.95. The van der Waals surface area contributed by atoms with Gasteiger partial charge in [-0.25, -0.2) is 15.8 Å². The highest BCUT2D eigenvalue weighted by molar-refractivity contribution is 7.94. The first-order chi connectivity index (χ1) is 35.7. The van der Waals surface area contributed by atoms with Crippen molar-refractivity contribution in [1.82, 2.24) is 29.9 Å². The van der Waals surface area contributed by atoms with Gasteiger partial charge in [0.25, 0.3) is 30.4 Å². The molecule has 10 N–H and O–H groups in total. The molecule has 30 nitrogen and oxygen atoms in total. The van der Waals surface area contributed by atoms with Gasteiger partial charge in [-0.3, -0.25) is 13.7 Å². The maximum Gasteiger partial charge on any atom is 0.296 e. The van der Waals surface area contributed by atoms with Crippen LogP contribution in [0.15, 0.2) is 97.3 Å². The van der Waals surface area contributed by atoms with Crippen LogP contribution in [0.4, 0.5) is 58.4 Å². The van der Waals surface area contributed by atoms with E-state index in [1.165, 1.54) is 42.5 Å². The second-order valence-corrected chi connectivity index (χ2v) is 20.3. The molecular weight excluding hydrogens is 1100 g/mol. The lowest BCUT2D eigenvalue weighted by Gasteiger charge is -2.20. The summed E-state index contributed by atoms with van der Waals surface area (Å²) < 4.78 is 114. The zero-order valence-corrected chi connectivity index (χ0v) is 43.2. The number of anilines is 10. The predicted octanol–water partition coefficient (Wildman–Crippen LogP) is 7.27. The van der Waals surface area contributed by atoms with Gasteiger partial charge in [-0.2, -0.15) is 55.2 Å². The molecule has 4 aromatic carbocycles. The minimum absolute atomic E-state index is 0.0150. The topological polar surface area (TPSA) is 411 Å². The van der Waals surface area contributed by atoms with Crippen molar-refractivity contribution in [3.05, 3.63) is 83.9 Å². The average Bonchev–Trinajstić information content (AvgIpc) is 3.35. The lowest BCUT2D eigenvalue weighted by atomic mass is 10.1. The molecule has 0 aliphatic carbocycles. The van der Waals surface area contributed by atoms with Crippen molar-refractivity contribution in [2.75, 3.05) is 57.2 Å². The molecule has 0 saturated carbocycles. The highest BCUT2D eigenvalue weighted by Crippen LogP contribution is 2.35. The van der Waals surface area contributed by atoms with E-state index in [2.05, 4.69) is 75.5 Å². The van der Waals surface area contributed by atoms with E-state index in [4.69, 9.17) is 20.1 Å². The molecule has 0 radical (unpaired) electrons. The van der Waals surface area contributed by atoms with Crippen LogP contribution in [0, 0.1) is 0 Å². The first-order valence-electron chi connectivity index (χ1n) is 21.2. The summed E-state index contributed by atoms with van der Waals surface area (Å²) >= 11 is 1.06. The van der Waals surface area contributed by atoms with E-state index in [9.17, 15) is 38.9 Å². The zero-order valence-electron chi connectivity index (χ0n) is 39.1. The summed E-state index contributed by atoms with van der Waals surface area (Å²) in [5.74, 6) is -0.657. The molecule has 2 heterocycles. The van der Waals surface area contributed by atoms with E-state index in [1.807, 2.05) is 27.7 Å². The standard InChI is InChI=1S/C40H44N12O18S5/c1-5-51(6-2)39-47-35(45-38(50-39)44-30-22-28(71-69-67-54)16-18-33(30)74(59,60)61)41-25-13-11-23(31(19-25)72-70-68-55)9-10-24-12-14-26(20-34(24)75(62,63)64)42-36-46-37(49-40(48-36)52(7-3)8-4)43-29-21-27(65-66-53)15-17-32(29)73(56,57)58/h9-22,53-55H,5-8H2,1-4H3,(H,56,57,58)(H,59,60,61)(H,62,63,64)(H2,41,44,45,47,50)(H2,42,43,46,48,49)/b10-9+. The van der Waals surface area contributed by atoms with Gasteiger partial charge in [-0.1, -0.05) is 34.4 Å². The van der Waals surface area contributed by atoms with Gasteiger partial charge in [0, 0.05) is 53.4 Å². The molecule has 0 saturated heterocycles. The summed E-state index contributed by atoms with van der Waals surface area (Å²) in [7, 11) is -14.6. The van der Waals surface area contributed by atoms with E-state index in [0.717, 1.165) is 30.3 Å². The Morgan fingerprint density at radius 3 is 1.45 bits per heavy atom. The van der Waals surface area contributed by atoms with Gasteiger partial charge in [-0.05, 0) is 98.5 Å². The van der Waals surface area contributed by atoms with E-state index in [-0.39, 0.29) is 73.9 Å². The predicted molar refractivity (Wildman–Crippen MR) is 270 cm³/mol. The molecule has 0 aliphatic rings. The summed E-state index contributed by atoms with van der Waals surface area (Å²) in [6.45, 7) is 9.00. The Morgan fingerprint density at radius 2 is 0.960 bits per heavy atom. The smallest absolute Gasteiger partial charge is 0.296 e. The van der Waals surface area contributed by atoms with Gasteiger partial charge < -0.3 is 36.0 Å². The third-order valence-electron chi connectivity index (χ3n) is 10.00. The largest absolute Gasteiger partial charge is 0.341 e. The summed E-state index contributed by atoms with van der Waals surface area (Å²) in [5.41, 5.74) is 0.203. The Balaban J connectivity index is 1.32. The van der Waals surface area contributed by atoms with Crippen molar-refractivity contribution in [1.29, 1.82) is 0 Å². The Kier molecular flexibility index (Phi) is 19.8. The monoisotopic (exact) mass is 1140 g/mol. The van der Waals surface area contributed by atoms with E-state index in [0.29, 0.717) is 61.5 Å². The zero-order chi connectivity index (χ0) is 54.5. The van der Waals surface area contributed by atoms with Crippen molar-refractivity contribution >= 4 is 125 Å². The van der Waals surface area contributed by atoms with Crippen molar-refractivity contribution < 1.29 is 83.4 Å². The number of aromatic nitrogens is 6. The molecule has 2 aromatic heterocycles. The summed E-state index contributed by atoms with van der Waals surface area (Å²) in [6, 6.07) is 15.2. The maximum absolute atomic E-state index is 12.9. The fourth-order valence-corrected chi connectivity index (χ4v) is 9.51. The van der Waals surface area contributed by atoms with Crippen molar-refractivity contribution in [2.24, 2.45) is 0 Å². The van der Waals surface area contributed by atoms with Gasteiger partial charge in [0.2, 0.25) is 35.7 Å². The summed E-state index contributed by atoms with van der Waals surface area (Å²) in [6.07, 6.45) is 2.81. The Hall–Kier alpha value is -6.65. The molecule has 0 amide bonds. The van der Waals surface area contributed by atoms with Crippen LogP contribution in [0.3, 0.4) is 0 Å². The second-order valence-electron chi connectivity index (χ2n) is 14.6. The third-order valence-corrected chi connectivity index (χ3v) is 14.0. The molecule has 0 atom stereocenters. The lowest BCUT2D eigenvalue weighted by Crippen LogP contribution is -2.25. The quantitative estimate of drug-likeness (QED) is 0.00796. The number of hydrogen-bond donors (Lipinski definition) is 10. The molecule has 6 aromatic rings. The fraction of sp³-hybridized carbons (Fsp3) is 0.200. The molecule has 75 heavy (non-hydrogen) atoms. The summed E-state index contributed by atoms with van der Waals surface area (Å²) in [5, 5.41) is 48.9. The number of hydrogen-bond acceptors (Lipinski definition) is 29. The Bertz CT molecular complexity index is 3360. The maximum atomic E-state index is 12.9. The molecule has 0 unspecified atom stereocenters. The molecule has 0 fully saturated rings. The van der Waals surface area contributed by atoms with Crippen molar-refractivity contribution in [3.63, 3.8) is 0 Å². The van der Waals surface area contributed by atoms with Gasteiger partial charge in [0.15, 0.2) is 5.75 Å². The number of rotatable bonds is 27. The average molecular weight is 1140 g/mol. The highest BCUT2D eigenvalue weighted by Gasteiger charge is 2.23. The van der Waals surface area contributed by atoms with Crippen LogP contribution in [0.1, 0.15) is 38.8 Å². The number of benzene rings is 4. The highest BCUT2D eigenvalue weighted by atomic mass is 32.2. The SMILES string of the molecule is CCN(CC)c1nc(Nc2ccc(/C=C/c3ccc(Nc4nc(Nc5cc(SOOO)ccc5S(=O)(=O)O)nc(N(CC)CC)n4)cc3SOOO)c(S(=O)(=O)O)c2)nc(Nc2cc(OOO)ccc2S(=O)(=O)O)n1. The van der Waals surface area contributed by atoms with E-state index in [1.54, 1.807) is 21.9 Å². The van der Waals surface area contributed by atoms with Crippen LogP contribution in [0.2, 0.25) is 0 Å². The van der Waals surface area contributed by atoms with Crippen LogP contribution in [0.5, 0.6) is 5.75 Å². The van der Waals surface area contributed by atoms with E-state index >= 15 is 0 Å². The lowest BCUT2D eigenvalue weighted by molar-refractivity contribution is -0.438. The first kappa shape index (κ1) is 57.6. The molecule has 0 spiro atoms. The Labute approximate surface area is 435 Å². The van der Waals surface area contributed by atoms with Crippen LogP contribution in [-0.2, 0) is 54.1 Å². The molecule has 35 heteroatoms. The van der Waals surface area contributed by atoms with Crippen molar-refractivity contribution in [3.8, 4) is 5.75 Å². The van der Waals surface area contributed by atoms with Crippen molar-refractivity contribution in [2.45, 2.75) is 52.2 Å². The minimum Gasteiger partial charge on any atom is -0.341 e. The molecule has 402 valence electrons. The van der Waals surface area contributed by atoms with Gasteiger partial charge in [0.1, 0.15) is 14.7 Å². The van der Waals surface area contributed by atoms with Gasteiger partial charge in [-0.15, -0.1) is 8.67 Å². The second kappa shape index (κ2) is 25.7. The first-order valence-corrected chi connectivity index (χ1v) is 27.0. The summed E-state index contributed by atoms with van der Waals surface area (Å²) in [4.78, 5) is 33.2. The van der Waals surface area contributed by atoms with Crippen LogP contribution in [-0.4, -0.2) is 111 Å². The van der Waals surface area contributed by atoms with Crippen LogP contribution < -0.4 is 36.0 Å². The number of nitrogens with zero attached hydrogens (tertiary/aromatic N) is 8. The fourth-order valence-electron chi connectivity index (χ4n) is 6.64. The normalized spacial score (nSPS) is 11.9.